The molecule has 0 aromatic heterocycles. The van der Waals surface area contributed by atoms with Gasteiger partial charge < -0.3 is 9.64 Å². The van der Waals surface area contributed by atoms with Gasteiger partial charge in [-0.15, -0.1) is 0 Å². The zero-order valence-corrected chi connectivity index (χ0v) is 15.5. The van der Waals surface area contributed by atoms with Crippen molar-refractivity contribution in [3.8, 4) is 0 Å². The van der Waals surface area contributed by atoms with Crippen molar-refractivity contribution in [3.63, 3.8) is 0 Å². The summed E-state index contributed by atoms with van der Waals surface area (Å²) in [6.45, 7) is 1.99. The molecular formula is C16H22Cl2N2O3. The largest absolute Gasteiger partial charge is 0.469 e. The van der Waals surface area contributed by atoms with Gasteiger partial charge in [0.25, 0.3) is 0 Å². The number of esters is 1. The molecule has 1 rings (SSSR count). The molecule has 2 unspecified atom stereocenters. The minimum atomic E-state index is -0.541. The third kappa shape index (κ3) is 5.37. The molecule has 1 aromatic rings. The van der Waals surface area contributed by atoms with Crippen molar-refractivity contribution in [1.82, 2.24) is 9.80 Å². The minimum absolute atomic E-state index is 0.149. The normalized spacial score (nSPS) is 13.6. The van der Waals surface area contributed by atoms with Crippen LogP contribution in [0.1, 0.15) is 18.5 Å². The van der Waals surface area contributed by atoms with E-state index in [1.807, 2.05) is 0 Å². The Morgan fingerprint density at radius 2 is 1.65 bits per heavy atom. The van der Waals surface area contributed by atoms with Gasteiger partial charge in [0.15, 0.2) is 0 Å². The molecule has 0 aliphatic carbocycles. The zero-order chi connectivity index (χ0) is 17.7. The maximum absolute atomic E-state index is 12.8. The number of hydrogen-bond acceptors (Lipinski definition) is 4. The van der Waals surface area contributed by atoms with E-state index in [1.54, 1.807) is 51.2 Å². The molecule has 0 spiro atoms. The quantitative estimate of drug-likeness (QED) is 0.731. The minimum Gasteiger partial charge on any atom is -0.469 e. The summed E-state index contributed by atoms with van der Waals surface area (Å²) in [5, 5.41) is 0.940. The first-order valence-corrected chi connectivity index (χ1v) is 7.88. The number of likely N-dealkylation sites (N-methyl/N-ethyl adjacent to an activating group) is 2. The molecule has 0 saturated carbocycles. The lowest BCUT2D eigenvalue weighted by Crippen LogP contribution is -2.41. The summed E-state index contributed by atoms with van der Waals surface area (Å²) in [4.78, 5) is 27.6. The number of hydrogen-bond donors (Lipinski definition) is 0. The number of rotatable bonds is 6. The lowest BCUT2D eigenvalue weighted by Gasteiger charge is -2.29. The van der Waals surface area contributed by atoms with Gasteiger partial charge >= 0.3 is 5.97 Å². The van der Waals surface area contributed by atoms with Crippen LogP contribution in [0, 0.1) is 5.92 Å². The van der Waals surface area contributed by atoms with Crippen LogP contribution >= 0.6 is 23.2 Å². The molecule has 0 radical (unpaired) electrons. The van der Waals surface area contributed by atoms with E-state index in [0.717, 1.165) is 0 Å². The van der Waals surface area contributed by atoms with Crippen molar-refractivity contribution in [2.24, 2.45) is 5.92 Å². The van der Waals surface area contributed by atoms with E-state index in [9.17, 15) is 9.59 Å². The summed E-state index contributed by atoms with van der Waals surface area (Å²) in [5.74, 6) is -0.902. The molecule has 0 aliphatic rings. The second-order valence-electron chi connectivity index (χ2n) is 5.71. The Morgan fingerprint density at radius 3 is 2.09 bits per heavy atom. The number of amides is 1. The predicted molar refractivity (Wildman–Crippen MR) is 91.7 cm³/mol. The zero-order valence-electron chi connectivity index (χ0n) is 14.0. The topological polar surface area (TPSA) is 49.9 Å². The maximum atomic E-state index is 12.8. The Kier molecular flexibility index (Phi) is 7.32. The van der Waals surface area contributed by atoms with Gasteiger partial charge in [0.2, 0.25) is 5.91 Å². The molecule has 7 heteroatoms. The van der Waals surface area contributed by atoms with Crippen LogP contribution in [-0.4, -0.2) is 56.5 Å². The van der Waals surface area contributed by atoms with Crippen LogP contribution in [0.2, 0.25) is 10.0 Å². The summed E-state index contributed by atoms with van der Waals surface area (Å²) < 4.78 is 4.69. The SMILES string of the molecule is COC(=O)C(C)CN(C)C(=O)C(c1cc(Cl)cc(Cl)c1)N(C)C. The third-order valence-electron chi connectivity index (χ3n) is 3.48. The van der Waals surface area contributed by atoms with Gasteiger partial charge in [-0.3, -0.25) is 14.5 Å². The molecule has 2 atom stereocenters. The van der Waals surface area contributed by atoms with Crippen LogP contribution in [0.3, 0.4) is 0 Å². The lowest BCUT2D eigenvalue weighted by molar-refractivity contribution is -0.146. The van der Waals surface area contributed by atoms with Gasteiger partial charge in [0.1, 0.15) is 6.04 Å². The number of nitrogens with zero attached hydrogens (tertiary/aromatic N) is 2. The van der Waals surface area contributed by atoms with Crippen LogP contribution < -0.4 is 0 Å². The molecule has 128 valence electrons. The highest BCUT2D eigenvalue weighted by Crippen LogP contribution is 2.27. The molecular weight excluding hydrogens is 339 g/mol. The molecule has 0 N–H and O–H groups in total. The highest BCUT2D eigenvalue weighted by Gasteiger charge is 2.28. The van der Waals surface area contributed by atoms with Gasteiger partial charge in [-0.25, -0.2) is 0 Å². The fourth-order valence-electron chi connectivity index (χ4n) is 2.38. The highest BCUT2D eigenvalue weighted by molar-refractivity contribution is 6.34. The first-order chi connectivity index (χ1) is 10.7. The van der Waals surface area contributed by atoms with Gasteiger partial charge in [-0.05, 0) is 37.9 Å². The number of halogens is 2. The first-order valence-electron chi connectivity index (χ1n) is 7.12. The van der Waals surface area contributed by atoms with E-state index in [1.165, 1.54) is 12.0 Å². The molecule has 0 heterocycles. The molecule has 0 bridgehead atoms. The van der Waals surface area contributed by atoms with Crippen LogP contribution in [0.25, 0.3) is 0 Å². The Morgan fingerprint density at radius 1 is 1.13 bits per heavy atom. The molecule has 1 amide bonds. The van der Waals surface area contributed by atoms with Crippen molar-refractivity contribution in [2.45, 2.75) is 13.0 Å². The Bertz CT molecular complexity index is 558. The van der Waals surface area contributed by atoms with Crippen molar-refractivity contribution in [3.05, 3.63) is 33.8 Å². The average Bonchev–Trinajstić information content (AvgIpc) is 2.44. The summed E-state index contributed by atoms with van der Waals surface area (Å²) in [6, 6.07) is 4.51. The monoisotopic (exact) mass is 360 g/mol. The first kappa shape index (κ1) is 19.7. The van der Waals surface area contributed by atoms with E-state index < -0.39 is 12.0 Å². The second kappa shape index (κ2) is 8.52. The van der Waals surface area contributed by atoms with E-state index in [4.69, 9.17) is 27.9 Å². The van der Waals surface area contributed by atoms with E-state index in [-0.39, 0.29) is 18.4 Å². The smallest absolute Gasteiger partial charge is 0.310 e. The number of carbonyl (C=O) groups excluding carboxylic acids is 2. The van der Waals surface area contributed by atoms with Crippen molar-refractivity contribution in [1.29, 1.82) is 0 Å². The molecule has 23 heavy (non-hydrogen) atoms. The number of ether oxygens (including phenoxy) is 1. The Balaban J connectivity index is 3.01. The molecule has 5 nitrogen and oxygen atoms in total. The number of carbonyl (C=O) groups is 2. The van der Waals surface area contributed by atoms with Gasteiger partial charge in [-0.1, -0.05) is 30.1 Å². The van der Waals surface area contributed by atoms with Gasteiger partial charge in [-0.2, -0.15) is 0 Å². The Labute approximate surface area is 147 Å². The van der Waals surface area contributed by atoms with E-state index in [2.05, 4.69) is 0 Å². The van der Waals surface area contributed by atoms with Crippen molar-refractivity contribution >= 4 is 35.1 Å². The lowest BCUT2D eigenvalue weighted by atomic mass is 10.0. The molecule has 1 aromatic carbocycles. The van der Waals surface area contributed by atoms with Crippen LogP contribution in [-0.2, 0) is 14.3 Å². The molecule has 0 fully saturated rings. The standard InChI is InChI=1S/C16H22Cl2N2O3/c1-10(16(22)23-5)9-20(4)15(21)14(19(2)3)11-6-12(17)8-13(18)7-11/h6-8,10,14H,9H2,1-5H3. The average molecular weight is 361 g/mol. The van der Waals surface area contributed by atoms with Gasteiger partial charge in [0.05, 0.1) is 13.0 Å². The highest BCUT2D eigenvalue weighted by atomic mass is 35.5. The van der Waals surface area contributed by atoms with Crippen LogP contribution in [0.4, 0.5) is 0 Å². The van der Waals surface area contributed by atoms with Crippen molar-refractivity contribution < 1.29 is 14.3 Å². The summed E-state index contributed by atoms with van der Waals surface area (Å²) in [6.07, 6.45) is 0. The van der Waals surface area contributed by atoms with E-state index >= 15 is 0 Å². The predicted octanol–water partition coefficient (Wildman–Crippen LogP) is 2.86. The van der Waals surface area contributed by atoms with E-state index in [0.29, 0.717) is 15.6 Å². The Hall–Kier alpha value is -1.30. The van der Waals surface area contributed by atoms with Crippen molar-refractivity contribution in [2.75, 3.05) is 34.8 Å². The number of methoxy groups -OCH3 is 1. The second-order valence-corrected chi connectivity index (χ2v) is 6.58. The number of benzene rings is 1. The summed E-state index contributed by atoms with van der Waals surface area (Å²) in [5.41, 5.74) is 0.704. The third-order valence-corrected chi connectivity index (χ3v) is 3.91. The fourth-order valence-corrected chi connectivity index (χ4v) is 2.92. The fraction of sp³-hybridized carbons (Fsp3) is 0.500. The summed E-state index contributed by atoms with van der Waals surface area (Å²) in [7, 11) is 6.59. The summed E-state index contributed by atoms with van der Waals surface area (Å²) >= 11 is 12.1. The van der Waals surface area contributed by atoms with Crippen LogP contribution in [0.15, 0.2) is 18.2 Å². The molecule has 0 aliphatic heterocycles. The maximum Gasteiger partial charge on any atom is 0.310 e. The van der Waals surface area contributed by atoms with Gasteiger partial charge in [0, 0.05) is 23.6 Å². The van der Waals surface area contributed by atoms with Crippen LogP contribution in [0.5, 0.6) is 0 Å². The molecule has 0 saturated heterocycles.